The molecule has 1 aliphatic heterocycles. The van der Waals surface area contributed by atoms with E-state index in [4.69, 9.17) is 0 Å². The first-order chi connectivity index (χ1) is 9.18. The molecule has 0 N–H and O–H groups in total. The van der Waals surface area contributed by atoms with Crippen molar-refractivity contribution < 1.29 is 9.59 Å². The van der Waals surface area contributed by atoms with Gasteiger partial charge in [-0.3, -0.25) is 9.59 Å². The molecule has 0 bridgehead atoms. The molecule has 104 valence electrons. The Balaban J connectivity index is 1.73. The van der Waals surface area contributed by atoms with Crippen LogP contribution in [0.15, 0.2) is 15.9 Å². The number of ketones is 1. The third-order valence-electron chi connectivity index (χ3n) is 3.04. The van der Waals surface area contributed by atoms with Gasteiger partial charge < -0.3 is 4.90 Å². The number of amides is 1. The van der Waals surface area contributed by atoms with Gasteiger partial charge in [0.1, 0.15) is 0 Å². The van der Waals surface area contributed by atoms with E-state index < -0.39 is 0 Å². The van der Waals surface area contributed by atoms with Gasteiger partial charge in [-0.15, -0.1) is 23.1 Å². The second kappa shape index (κ2) is 7.45. The van der Waals surface area contributed by atoms with Gasteiger partial charge in [0.25, 0.3) is 0 Å². The highest BCUT2D eigenvalue weighted by molar-refractivity contribution is 9.10. The lowest BCUT2D eigenvalue weighted by Crippen LogP contribution is -2.36. The fourth-order valence-electron chi connectivity index (χ4n) is 2.02. The summed E-state index contributed by atoms with van der Waals surface area (Å²) in [5.41, 5.74) is 0. The van der Waals surface area contributed by atoms with Crippen LogP contribution >= 0.6 is 39.0 Å². The largest absolute Gasteiger partial charge is 0.342 e. The third-order valence-corrected chi connectivity index (χ3v) is 5.83. The first kappa shape index (κ1) is 15.1. The number of carbonyl (C=O) groups is 2. The van der Waals surface area contributed by atoms with E-state index in [-0.39, 0.29) is 11.7 Å². The molecule has 2 heterocycles. The van der Waals surface area contributed by atoms with Crippen molar-refractivity contribution >= 4 is 50.7 Å². The molecule has 0 unspecified atom stereocenters. The van der Waals surface area contributed by atoms with Crippen LogP contribution in [-0.2, 0) is 4.79 Å². The molecule has 0 aromatic carbocycles. The standard InChI is InChI=1S/C13H16BrNO2S2/c14-10-4-7-19-13(10)11(16)8-18-9-12(17)15-5-2-1-3-6-15/h4,7H,1-3,5-6,8-9H2. The predicted molar refractivity (Wildman–Crippen MR) is 84.1 cm³/mol. The Morgan fingerprint density at radius 1 is 1.26 bits per heavy atom. The summed E-state index contributed by atoms with van der Waals surface area (Å²) in [6.45, 7) is 1.76. The summed E-state index contributed by atoms with van der Waals surface area (Å²) in [6, 6.07) is 1.88. The molecular weight excluding hydrogens is 346 g/mol. The maximum Gasteiger partial charge on any atom is 0.232 e. The molecule has 0 spiro atoms. The summed E-state index contributed by atoms with van der Waals surface area (Å²) in [6.07, 6.45) is 3.44. The molecule has 1 aliphatic rings. The summed E-state index contributed by atoms with van der Waals surface area (Å²) in [5, 5.41) is 1.89. The lowest BCUT2D eigenvalue weighted by molar-refractivity contribution is -0.129. The molecule has 1 amide bonds. The van der Waals surface area contributed by atoms with Gasteiger partial charge in [0.05, 0.1) is 16.4 Å². The van der Waals surface area contributed by atoms with Gasteiger partial charge >= 0.3 is 0 Å². The average Bonchev–Trinajstić information content (AvgIpc) is 2.86. The molecule has 0 atom stereocenters. The molecule has 0 aliphatic carbocycles. The van der Waals surface area contributed by atoms with Crippen LogP contribution in [0.1, 0.15) is 28.9 Å². The average molecular weight is 362 g/mol. The summed E-state index contributed by atoms with van der Waals surface area (Å²) < 4.78 is 0.852. The van der Waals surface area contributed by atoms with E-state index in [1.165, 1.54) is 29.5 Å². The fraction of sp³-hybridized carbons (Fsp3) is 0.538. The Hall–Kier alpha value is -0.330. The highest BCUT2D eigenvalue weighted by Crippen LogP contribution is 2.24. The quantitative estimate of drug-likeness (QED) is 0.753. The summed E-state index contributed by atoms with van der Waals surface area (Å²) in [5.74, 6) is 1.05. The number of nitrogens with zero attached hydrogens (tertiary/aromatic N) is 1. The molecule has 0 radical (unpaired) electrons. The topological polar surface area (TPSA) is 37.4 Å². The highest BCUT2D eigenvalue weighted by Gasteiger charge is 2.17. The monoisotopic (exact) mass is 361 g/mol. The van der Waals surface area contributed by atoms with Crippen LogP contribution in [-0.4, -0.2) is 41.2 Å². The maximum absolute atomic E-state index is 11.9. The number of rotatable bonds is 5. The van der Waals surface area contributed by atoms with E-state index in [0.29, 0.717) is 11.5 Å². The normalized spacial score (nSPS) is 15.5. The molecule has 1 saturated heterocycles. The second-order valence-corrected chi connectivity index (χ2v) is 7.21. The number of carbonyl (C=O) groups excluding carboxylic acids is 2. The molecule has 1 fully saturated rings. The van der Waals surface area contributed by atoms with Gasteiger partial charge in [0, 0.05) is 17.6 Å². The first-order valence-corrected chi connectivity index (χ1v) is 9.13. The van der Waals surface area contributed by atoms with E-state index in [1.54, 1.807) is 0 Å². The number of thioether (sulfide) groups is 1. The number of likely N-dealkylation sites (tertiary alicyclic amines) is 1. The van der Waals surface area contributed by atoms with Gasteiger partial charge in [-0.05, 0) is 46.6 Å². The van der Waals surface area contributed by atoms with E-state index in [1.807, 2.05) is 16.3 Å². The van der Waals surface area contributed by atoms with Crippen molar-refractivity contribution in [1.29, 1.82) is 0 Å². The van der Waals surface area contributed by atoms with Crippen molar-refractivity contribution in [3.8, 4) is 0 Å². The fourth-order valence-corrected chi connectivity index (χ4v) is 4.44. The zero-order valence-corrected chi connectivity index (χ0v) is 13.8. The second-order valence-electron chi connectivity index (χ2n) is 4.46. The lowest BCUT2D eigenvalue weighted by Gasteiger charge is -2.26. The number of hydrogen-bond donors (Lipinski definition) is 0. The van der Waals surface area contributed by atoms with Crippen molar-refractivity contribution in [2.24, 2.45) is 0 Å². The number of hydrogen-bond acceptors (Lipinski definition) is 4. The summed E-state index contributed by atoms with van der Waals surface area (Å²) >= 11 is 6.21. The number of halogens is 1. The first-order valence-electron chi connectivity index (χ1n) is 6.30. The van der Waals surface area contributed by atoms with Gasteiger partial charge in [-0.1, -0.05) is 0 Å². The Morgan fingerprint density at radius 3 is 2.63 bits per heavy atom. The van der Waals surface area contributed by atoms with Gasteiger partial charge in [0.2, 0.25) is 5.91 Å². The van der Waals surface area contributed by atoms with E-state index in [2.05, 4.69) is 15.9 Å². The Kier molecular flexibility index (Phi) is 5.91. The van der Waals surface area contributed by atoms with Crippen molar-refractivity contribution in [3.63, 3.8) is 0 Å². The number of piperidine rings is 1. The van der Waals surface area contributed by atoms with Crippen LogP contribution in [0.25, 0.3) is 0 Å². The van der Waals surface area contributed by atoms with Crippen molar-refractivity contribution in [2.45, 2.75) is 19.3 Å². The number of Topliss-reactive ketones (excluding diaryl/α,β-unsaturated/α-hetero) is 1. The van der Waals surface area contributed by atoms with Crippen LogP contribution in [0, 0.1) is 0 Å². The van der Waals surface area contributed by atoms with E-state index >= 15 is 0 Å². The Labute approximate surface area is 129 Å². The molecule has 3 nitrogen and oxygen atoms in total. The summed E-state index contributed by atoms with van der Waals surface area (Å²) in [4.78, 5) is 26.5. The minimum Gasteiger partial charge on any atom is -0.342 e. The Bertz CT molecular complexity index is 455. The summed E-state index contributed by atoms with van der Waals surface area (Å²) in [7, 11) is 0. The lowest BCUT2D eigenvalue weighted by atomic mass is 10.1. The van der Waals surface area contributed by atoms with Gasteiger partial charge in [0.15, 0.2) is 5.78 Å². The molecule has 0 saturated carbocycles. The van der Waals surface area contributed by atoms with Gasteiger partial charge in [-0.2, -0.15) is 0 Å². The molecular formula is C13H16BrNO2S2. The minimum absolute atomic E-state index is 0.0957. The minimum atomic E-state index is 0.0957. The smallest absolute Gasteiger partial charge is 0.232 e. The third kappa shape index (κ3) is 4.33. The van der Waals surface area contributed by atoms with Crippen molar-refractivity contribution in [3.05, 3.63) is 20.8 Å². The van der Waals surface area contributed by atoms with E-state index in [0.717, 1.165) is 35.3 Å². The predicted octanol–water partition coefficient (Wildman–Crippen LogP) is 3.44. The van der Waals surface area contributed by atoms with Crippen molar-refractivity contribution in [2.75, 3.05) is 24.6 Å². The van der Waals surface area contributed by atoms with Crippen LogP contribution in [0.4, 0.5) is 0 Å². The van der Waals surface area contributed by atoms with Crippen LogP contribution < -0.4 is 0 Å². The zero-order chi connectivity index (χ0) is 13.7. The van der Waals surface area contributed by atoms with Crippen LogP contribution in [0.2, 0.25) is 0 Å². The van der Waals surface area contributed by atoms with Crippen molar-refractivity contribution in [1.82, 2.24) is 4.90 Å². The molecule has 2 rings (SSSR count). The van der Waals surface area contributed by atoms with Crippen LogP contribution in [0.3, 0.4) is 0 Å². The molecule has 1 aromatic rings. The molecule has 6 heteroatoms. The van der Waals surface area contributed by atoms with Gasteiger partial charge in [-0.25, -0.2) is 0 Å². The number of thiophene rings is 1. The maximum atomic E-state index is 11.9. The molecule has 1 aromatic heterocycles. The van der Waals surface area contributed by atoms with Crippen LogP contribution in [0.5, 0.6) is 0 Å². The highest BCUT2D eigenvalue weighted by atomic mass is 79.9. The Morgan fingerprint density at radius 2 is 2.00 bits per heavy atom. The molecule has 19 heavy (non-hydrogen) atoms. The SMILES string of the molecule is O=C(CSCC(=O)N1CCCCC1)c1sccc1Br. The van der Waals surface area contributed by atoms with E-state index in [9.17, 15) is 9.59 Å². The zero-order valence-electron chi connectivity index (χ0n) is 10.6.